The first kappa shape index (κ1) is 23.2. The Hall–Kier alpha value is -2.42. The lowest BCUT2D eigenvalue weighted by Crippen LogP contribution is -2.13. The van der Waals surface area contributed by atoms with Crippen molar-refractivity contribution in [2.45, 2.75) is 12.2 Å². The Bertz CT molecular complexity index is 1040. The molecule has 0 fully saturated rings. The maximum atomic E-state index is 12.2. The van der Waals surface area contributed by atoms with Gasteiger partial charge in [0.1, 0.15) is 10.8 Å². The van der Waals surface area contributed by atoms with E-state index >= 15 is 0 Å². The number of carbonyl (C=O) groups excluding carboxylic acids is 1. The summed E-state index contributed by atoms with van der Waals surface area (Å²) >= 11 is 9.24. The average Bonchev–Trinajstić information content (AvgIpc) is 3.25. The van der Waals surface area contributed by atoms with E-state index in [4.69, 9.17) is 30.8 Å². The minimum Gasteiger partial charge on any atom is -0.495 e. The SMILES string of the molecule is COc1ccc(Cl)cc1NC(=O)CCSCc1csc(-c2ccc(OC)c(OC)c2)n1. The average molecular weight is 479 g/mol. The molecular formula is C22H23ClN2O4S2. The second-order valence-electron chi connectivity index (χ2n) is 6.41. The fourth-order valence-electron chi connectivity index (χ4n) is 2.81. The first-order valence-corrected chi connectivity index (χ1v) is 11.8. The standard InChI is InChI=1S/C22H23ClN2O4S2/c1-27-18-7-5-15(23)11-17(18)25-21(26)8-9-30-12-16-13-31-22(24-16)14-4-6-19(28-2)20(10-14)29-3/h4-7,10-11,13H,8-9,12H2,1-3H3,(H,25,26). The zero-order valence-corrected chi connectivity index (χ0v) is 19.8. The molecule has 9 heteroatoms. The van der Waals surface area contributed by atoms with Gasteiger partial charge in [-0.25, -0.2) is 4.98 Å². The summed E-state index contributed by atoms with van der Waals surface area (Å²) in [5.41, 5.74) is 2.54. The fourth-order valence-corrected chi connectivity index (χ4v) is 4.73. The van der Waals surface area contributed by atoms with E-state index in [0.717, 1.165) is 22.0 Å². The van der Waals surface area contributed by atoms with E-state index in [2.05, 4.69) is 5.32 Å². The largest absolute Gasteiger partial charge is 0.495 e. The van der Waals surface area contributed by atoms with E-state index < -0.39 is 0 Å². The van der Waals surface area contributed by atoms with E-state index in [-0.39, 0.29) is 5.91 Å². The van der Waals surface area contributed by atoms with Crippen LogP contribution in [0.5, 0.6) is 17.2 Å². The number of benzene rings is 2. The molecule has 0 spiro atoms. The second-order valence-corrected chi connectivity index (χ2v) is 8.81. The monoisotopic (exact) mass is 478 g/mol. The molecule has 0 bridgehead atoms. The summed E-state index contributed by atoms with van der Waals surface area (Å²) in [5.74, 6) is 3.27. The van der Waals surface area contributed by atoms with Crippen molar-refractivity contribution < 1.29 is 19.0 Å². The van der Waals surface area contributed by atoms with Gasteiger partial charge in [0.15, 0.2) is 11.5 Å². The van der Waals surface area contributed by atoms with Crippen molar-refractivity contribution in [2.24, 2.45) is 0 Å². The van der Waals surface area contributed by atoms with Gasteiger partial charge in [-0.2, -0.15) is 11.8 Å². The van der Waals surface area contributed by atoms with Crippen LogP contribution in [0.3, 0.4) is 0 Å². The Kier molecular flexibility index (Phi) is 8.45. The topological polar surface area (TPSA) is 69.7 Å². The van der Waals surface area contributed by atoms with E-state index in [1.807, 2.05) is 23.6 Å². The Balaban J connectivity index is 1.49. The number of ether oxygens (including phenoxy) is 3. The van der Waals surface area contributed by atoms with Crippen LogP contribution < -0.4 is 19.5 Å². The lowest BCUT2D eigenvalue weighted by atomic mass is 10.2. The van der Waals surface area contributed by atoms with Crippen LogP contribution in [0, 0.1) is 0 Å². The molecule has 1 heterocycles. The first-order chi connectivity index (χ1) is 15.0. The number of anilines is 1. The number of rotatable bonds is 10. The molecule has 0 radical (unpaired) electrons. The van der Waals surface area contributed by atoms with Gasteiger partial charge in [0.25, 0.3) is 0 Å². The molecule has 3 rings (SSSR count). The molecule has 0 aliphatic carbocycles. The summed E-state index contributed by atoms with van der Waals surface area (Å²) in [6.07, 6.45) is 0.382. The quantitative estimate of drug-likeness (QED) is 0.374. The van der Waals surface area contributed by atoms with E-state index in [0.29, 0.717) is 40.1 Å². The second kappa shape index (κ2) is 11.3. The number of nitrogens with one attached hydrogen (secondary N) is 1. The molecule has 0 atom stereocenters. The number of amides is 1. The lowest BCUT2D eigenvalue weighted by Gasteiger charge is -2.10. The summed E-state index contributed by atoms with van der Waals surface area (Å²) in [5, 5.41) is 6.35. The van der Waals surface area contributed by atoms with Crippen molar-refractivity contribution in [1.82, 2.24) is 4.98 Å². The number of halogens is 1. The van der Waals surface area contributed by atoms with Crippen LogP contribution >= 0.6 is 34.7 Å². The molecule has 0 saturated carbocycles. The summed E-state index contributed by atoms with van der Waals surface area (Å²) in [6.45, 7) is 0. The minimum absolute atomic E-state index is 0.0858. The summed E-state index contributed by atoms with van der Waals surface area (Å²) in [6, 6.07) is 10.9. The van der Waals surface area contributed by atoms with E-state index in [9.17, 15) is 4.79 Å². The summed E-state index contributed by atoms with van der Waals surface area (Å²) in [7, 11) is 4.78. The van der Waals surface area contributed by atoms with Crippen LogP contribution in [0.15, 0.2) is 41.8 Å². The van der Waals surface area contributed by atoms with Crippen molar-refractivity contribution in [3.05, 3.63) is 52.5 Å². The highest BCUT2D eigenvalue weighted by atomic mass is 35.5. The van der Waals surface area contributed by atoms with Crippen LogP contribution in [-0.2, 0) is 10.5 Å². The van der Waals surface area contributed by atoms with Crippen molar-refractivity contribution in [1.29, 1.82) is 0 Å². The van der Waals surface area contributed by atoms with Gasteiger partial charge >= 0.3 is 0 Å². The van der Waals surface area contributed by atoms with Gasteiger partial charge in [-0.3, -0.25) is 4.79 Å². The molecule has 6 nitrogen and oxygen atoms in total. The maximum absolute atomic E-state index is 12.2. The van der Waals surface area contributed by atoms with Crippen LogP contribution in [0.1, 0.15) is 12.1 Å². The molecule has 1 amide bonds. The zero-order chi connectivity index (χ0) is 22.2. The zero-order valence-electron chi connectivity index (χ0n) is 17.4. The highest BCUT2D eigenvalue weighted by Gasteiger charge is 2.11. The summed E-state index contributed by atoms with van der Waals surface area (Å²) < 4.78 is 15.9. The third-order valence-electron chi connectivity index (χ3n) is 4.34. The highest BCUT2D eigenvalue weighted by Crippen LogP contribution is 2.34. The number of thiazole rings is 1. The highest BCUT2D eigenvalue weighted by molar-refractivity contribution is 7.98. The first-order valence-electron chi connectivity index (χ1n) is 9.42. The molecule has 0 aliphatic heterocycles. The predicted octanol–water partition coefficient (Wildman–Crippen LogP) is 5.75. The van der Waals surface area contributed by atoms with Gasteiger partial charge in [0.2, 0.25) is 5.91 Å². The molecule has 0 aliphatic rings. The molecule has 0 unspecified atom stereocenters. The van der Waals surface area contributed by atoms with Crippen molar-refractivity contribution >= 4 is 46.3 Å². The lowest BCUT2D eigenvalue weighted by molar-refractivity contribution is -0.115. The molecule has 1 aromatic heterocycles. The number of thioether (sulfide) groups is 1. The Labute approximate surface area is 194 Å². The normalized spacial score (nSPS) is 10.6. The molecule has 3 aromatic rings. The maximum Gasteiger partial charge on any atom is 0.225 e. The van der Waals surface area contributed by atoms with Gasteiger partial charge in [0.05, 0.1) is 32.7 Å². The molecule has 0 saturated heterocycles. The number of methoxy groups -OCH3 is 3. The Morgan fingerprint density at radius 1 is 1.06 bits per heavy atom. The minimum atomic E-state index is -0.0858. The van der Waals surface area contributed by atoms with Crippen LogP contribution in [0.4, 0.5) is 5.69 Å². The van der Waals surface area contributed by atoms with Gasteiger partial charge in [-0.1, -0.05) is 11.6 Å². The third kappa shape index (κ3) is 6.29. The Morgan fingerprint density at radius 2 is 1.81 bits per heavy atom. The number of aromatic nitrogens is 1. The number of hydrogen-bond donors (Lipinski definition) is 1. The van der Waals surface area contributed by atoms with Crippen LogP contribution in [0.25, 0.3) is 10.6 Å². The number of hydrogen-bond acceptors (Lipinski definition) is 7. The van der Waals surface area contributed by atoms with Gasteiger partial charge < -0.3 is 19.5 Å². The summed E-state index contributed by atoms with van der Waals surface area (Å²) in [4.78, 5) is 16.9. The molecule has 1 N–H and O–H groups in total. The predicted molar refractivity (Wildman–Crippen MR) is 128 cm³/mol. The van der Waals surface area contributed by atoms with Crippen molar-refractivity contribution in [2.75, 3.05) is 32.4 Å². The van der Waals surface area contributed by atoms with E-state index in [1.165, 1.54) is 0 Å². The molecular weight excluding hydrogens is 456 g/mol. The van der Waals surface area contributed by atoms with Gasteiger partial charge in [-0.15, -0.1) is 11.3 Å². The van der Waals surface area contributed by atoms with Gasteiger partial charge in [0, 0.05) is 33.9 Å². The number of nitrogens with zero attached hydrogens (tertiary/aromatic N) is 1. The van der Waals surface area contributed by atoms with Crippen molar-refractivity contribution in [3.8, 4) is 27.8 Å². The van der Waals surface area contributed by atoms with Crippen molar-refractivity contribution in [3.63, 3.8) is 0 Å². The molecule has 31 heavy (non-hydrogen) atoms. The van der Waals surface area contributed by atoms with Crippen LogP contribution in [0.2, 0.25) is 5.02 Å². The van der Waals surface area contributed by atoms with Gasteiger partial charge in [-0.05, 0) is 36.4 Å². The molecule has 2 aromatic carbocycles. The fraction of sp³-hybridized carbons (Fsp3) is 0.273. The van der Waals surface area contributed by atoms with Crippen LogP contribution in [-0.4, -0.2) is 38.0 Å². The number of carbonyl (C=O) groups is 1. The molecule has 164 valence electrons. The smallest absolute Gasteiger partial charge is 0.225 e. The van der Waals surface area contributed by atoms with E-state index in [1.54, 1.807) is 62.6 Å². The Morgan fingerprint density at radius 3 is 2.55 bits per heavy atom. The third-order valence-corrected chi connectivity index (χ3v) is 6.51.